The van der Waals surface area contributed by atoms with Crippen LogP contribution in [0.5, 0.6) is 0 Å². The number of carboxylic acids is 1. The molecule has 1 atom stereocenters. The summed E-state index contributed by atoms with van der Waals surface area (Å²) < 4.78 is 2.95. The molecule has 0 bridgehead atoms. The highest BCUT2D eigenvalue weighted by atomic mass is 79.9. The summed E-state index contributed by atoms with van der Waals surface area (Å²) in [6, 6.07) is 0. The highest BCUT2D eigenvalue weighted by Crippen LogP contribution is 2.25. The van der Waals surface area contributed by atoms with E-state index in [1.165, 1.54) is 0 Å². The number of aliphatic carboxylic acids is 1. The number of carbonyl (C=O) groups is 1. The lowest BCUT2D eigenvalue weighted by molar-refractivity contribution is -0.141. The highest BCUT2D eigenvalue weighted by Gasteiger charge is 2.29. The topological polar surface area (TPSA) is 58.4 Å². The first-order chi connectivity index (χ1) is 8.52. The SMILES string of the molecule is CCc1nn(C)c(CN2CCC(C(=O)O)C2)c1Br. The Labute approximate surface area is 115 Å². The van der Waals surface area contributed by atoms with Crippen molar-refractivity contribution >= 4 is 21.9 Å². The van der Waals surface area contributed by atoms with E-state index < -0.39 is 5.97 Å². The average Bonchev–Trinajstić information content (AvgIpc) is 2.89. The molecule has 0 amide bonds. The minimum absolute atomic E-state index is 0.220. The van der Waals surface area contributed by atoms with Gasteiger partial charge in [0.15, 0.2) is 0 Å². The van der Waals surface area contributed by atoms with Gasteiger partial charge in [0.1, 0.15) is 0 Å². The van der Waals surface area contributed by atoms with E-state index >= 15 is 0 Å². The second kappa shape index (κ2) is 5.40. The maximum Gasteiger partial charge on any atom is 0.307 e. The molecular weight excluding hydrogens is 298 g/mol. The van der Waals surface area contributed by atoms with E-state index in [0.717, 1.165) is 41.8 Å². The zero-order valence-electron chi connectivity index (χ0n) is 10.7. The molecule has 6 heteroatoms. The quantitative estimate of drug-likeness (QED) is 0.918. The van der Waals surface area contributed by atoms with E-state index in [2.05, 4.69) is 32.9 Å². The number of rotatable bonds is 4. The van der Waals surface area contributed by atoms with E-state index in [1.54, 1.807) is 0 Å². The van der Waals surface area contributed by atoms with E-state index in [1.807, 2.05) is 11.7 Å². The van der Waals surface area contributed by atoms with Crippen LogP contribution in [0, 0.1) is 5.92 Å². The van der Waals surface area contributed by atoms with Crippen molar-refractivity contribution in [2.24, 2.45) is 13.0 Å². The molecule has 1 aliphatic rings. The lowest BCUT2D eigenvalue weighted by Gasteiger charge is -2.15. The maximum atomic E-state index is 10.9. The molecule has 0 radical (unpaired) electrons. The van der Waals surface area contributed by atoms with Gasteiger partial charge >= 0.3 is 5.97 Å². The zero-order valence-corrected chi connectivity index (χ0v) is 12.3. The molecule has 0 aromatic carbocycles. The van der Waals surface area contributed by atoms with Crippen molar-refractivity contribution < 1.29 is 9.90 Å². The maximum absolute atomic E-state index is 10.9. The van der Waals surface area contributed by atoms with Crippen LogP contribution in [-0.2, 0) is 24.8 Å². The molecule has 2 rings (SSSR count). The molecule has 1 aliphatic heterocycles. The van der Waals surface area contributed by atoms with Crippen LogP contribution in [0.1, 0.15) is 24.7 Å². The van der Waals surface area contributed by atoms with Crippen molar-refractivity contribution in [3.8, 4) is 0 Å². The van der Waals surface area contributed by atoms with Crippen LogP contribution >= 0.6 is 15.9 Å². The minimum atomic E-state index is -0.684. The molecule has 1 unspecified atom stereocenters. The van der Waals surface area contributed by atoms with Crippen LogP contribution in [0.3, 0.4) is 0 Å². The molecule has 1 aromatic heterocycles. The molecule has 1 fully saturated rings. The second-order valence-corrected chi connectivity index (χ2v) is 5.54. The Balaban J connectivity index is 2.07. The Morgan fingerprint density at radius 3 is 2.83 bits per heavy atom. The summed E-state index contributed by atoms with van der Waals surface area (Å²) in [4.78, 5) is 13.1. The molecule has 0 saturated carbocycles. The molecule has 5 nitrogen and oxygen atoms in total. The largest absolute Gasteiger partial charge is 0.481 e. The zero-order chi connectivity index (χ0) is 13.3. The van der Waals surface area contributed by atoms with E-state index in [9.17, 15) is 4.79 Å². The molecule has 0 spiro atoms. The first-order valence-corrected chi connectivity index (χ1v) is 6.97. The van der Waals surface area contributed by atoms with Gasteiger partial charge in [-0.05, 0) is 35.3 Å². The van der Waals surface area contributed by atoms with Gasteiger partial charge in [0.2, 0.25) is 0 Å². The summed E-state index contributed by atoms with van der Waals surface area (Å²) in [5.41, 5.74) is 2.18. The third kappa shape index (κ3) is 2.59. The summed E-state index contributed by atoms with van der Waals surface area (Å²) in [6.07, 6.45) is 1.64. The first-order valence-electron chi connectivity index (χ1n) is 6.18. The Morgan fingerprint density at radius 1 is 1.61 bits per heavy atom. The summed E-state index contributed by atoms with van der Waals surface area (Å²) in [7, 11) is 1.93. The van der Waals surface area contributed by atoms with Crippen molar-refractivity contribution in [2.45, 2.75) is 26.3 Å². The van der Waals surface area contributed by atoms with Crippen molar-refractivity contribution in [2.75, 3.05) is 13.1 Å². The van der Waals surface area contributed by atoms with Gasteiger partial charge in [-0.15, -0.1) is 0 Å². The van der Waals surface area contributed by atoms with Crippen molar-refractivity contribution in [3.05, 3.63) is 15.9 Å². The first kappa shape index (κ1) is 13.5. The van der Waals surface area contributed by atoms with Gasteiger partial charge in [0.05, 0.1) is 21.8 Å². The number of likely N-dealkylation sites (tertiary alicyclic amines) is 1. The number of hydrogen-bond acceptors (Lipinski definition) is 3. The van der Waals surface area contributed by atoms with Gasteiger partial charge in [-0.3, -0.25) is 14.4 Å². The van der Waals surface area contributed by atoms with Gasteiger partial charge in [-0.25, -0.2) is 0 Å². The average molecular weight is 316 g/mol. The third-order valence-corrected chi connectivity index (χ3v) is 4.41. The Hall–Kier alpha value is -0.880. The fourth-order valence-electron chi connectivity index (χ4n) is 2.38. The van der Waals surface area contributed by atoms with Gasteiger partial charge in [0.25, 0.3) is 0 Å². The van der Waals surface area contributed by atoms with Gasteiger partial charge in [-0.1, -0.05) is 6.92 Å². The molecule has 100 valence electrons. The number of aryl methyl sites for hydroxylation is 2. The highest BCUT2D eigenvalue weighted by molar-refractivity contribution is 9.10. The van der Waals surface area contributed by atoms with Gasteiger partial charge in [0, 0.05) is 20.1 Å². The fraction of sp³-hybridized carbons (Fsp3) is 0.667. The molecule has 2 heterocycles. The van der Waals surface area contributed by atoms with Crippen molar-refractivity contribution in [3.63, 3.8) is 0 Å². The van der Waals surface area contributed by atoms with Crippen LogP contribution in [0.4, 0.5) is 0 Å². The van der Waals surface area contributed by atoms with E-state index in [0.29, 0.717) is 6.54 Å². The Kier molecular flexibility index (Phi) is 4.07. The number of carboxylic acid groups (broad SMARTS) is 1. The summed E-state index contributed by atoms with van der Waals surface area (Å²) in [6.45, 7) is 4.31. The van der Waals surface area contributed by atoms with Crippen molar-refractivity contribution in [1.29, 1.82) is 0 Å². The van der Waals surface area contributed by atoms with Crippen LogP contribution in [-0.4, -0.2) is 38.8 Å². The summed E-state index contributed by atoms with van der Waals surface area (Å²) in [5.74, 6) is -0.904. The number of aromatic nitrogens is 2. The van der Waals surface area contributed by atoms with Crippen LogP contribution < -0.4 is 0 Å². The lowest BCUT2D eigenvalue weighted by atomic mass is 10.1. The molecule has 18 heavy (non-hydrogen) atoms. The minimum Gasteiger partial charge on any atom is -0.481 e. The summed E-state index contributed by atoms with van der Waals surface area (Å²) >= 11 is 3.59. The van der Waals surface area contributed by atoms with Crippen LogP contribution in [0.2, 0.25) is 0 Å². The Bertz CT molecular complexity index is 458. The molecule has 1 saturated heterocycles. The number of nitrogens with zero attached hydrogens (tertiary/aromatic N) is 3. The van der Waals surface area contributed by atoms with E-state index in [4.69, 9.17) is 5.11 Å². The lowest BCUT2D eigenvalue weighted by Crippen LogP contribution is -2.24. The van der Waals surface area contributed by atoms with E-state index in [-0.39, 0.29) is 5.92 Å². The third-order valence-electron chi connectivity index (χ3n) is 3.50. The molecule has 1 aromatic rings. The van der Waals surface area contributed by atoms with Crippen LogP contribution in [0.25, 0.3) is 0 Å². The van der Waals surface area contributed by atoms with Crippen molar-refractivity contribution in [1.82, 2.24) is 14.7 Å². The van der Waals surface area contributed by atoms with Crippen LogP contribution in [0.15, 0.2) is 4.47 Å². The van der Waals surface area contributed by atoms with Gasteiger partial charge in [-0.2, -0.15) is 5.10 Å². The van der Waals surface area contributed by atoms with Gasteiger partial charge < -0.3 is 5.11 Å². The number of hydrogen-bond donors (Lipinski definition) is 1. The normalized spacial score (nSPS) is 20.5. The molecule has 1 N–H and O–H groups in total. The molecule has 0 aliphatic carbocycles. The molecular formula is C12H18BrN3O2. The Morgan fingerprint density at radius 2 is 2.33 bits per heavy atom. The predicted octanol–water partition coefficient (Wildman–Crippen LogP) is 1.65. The smallest absolute Gasteiger partial charge is 0.307 e. The second-order valence-electron chi connectivity index (χ2n) is 4.74. The standard InChI is InChI=1S/C12H18BrN3O2/c1-3-9-11(13)10(15(2)14-9)7-16-5-4-8(6-16)12(17)18/h8H,3-7H2,1-2H3,(H,17,18). The summed E-state index contributed by atoms with van der Waals surface area (Å²) in [5, 5.41) is 13.4. The fourth-order valence-corrected chi connectivity index (χ4v) is 3.12. The monoisotopic (exact) mass is 315 g/mol. The number of halogens is 1. The predicted molar refractivity (Wildman–Crippen MR) is 71.3 cm³/mol.